The lowest BCUT2D eigenvalue weighted by Gasteiger charge is -2.32. The van der Waals surface area contributed by atoms with Crippen molar-refractivity contribution in [3.63, 3.8) is 0 Å². The quantitative estimate of drug-likeness (QED) is 0.846. The van der Waals surface area contributed by atoms with E-state index in [1.165, 1.54) is 12.0 Å². The topological polar surface area (TPSA) is 51.1 Å². The highest BCUT2D eigenvalue weighted by Crippen LogP contribution is 2.07. The number of piperazine rings is 1. The smallest absolute Gasteiger partial charge is 0.337 e. The van der Waals surface area contributed by atoms with E-state index >= 15 is 0 Å². The van der Waals surface area contributed by atoms with Crippen LogP contribution in [0.4, 0.5) is 0 Å². The van der Waals surface area contributed by atoms with Crippen molar-refractivity contribution in [3.8, 4) is 0 Å². The SMILES string of the molecule is COC(=O)c1cccc(C[NH+]2CCN(C(=O)c3ccccc3)CC2)c1. The lowest BCUT2D eigenvalue weighted by molar-refractivity contribution is -0.917. The van der Waals surface area contributed by atoms with Crippen LogP contribution in [-0.2, 0) is 11.3 Å². The highest BCUT2D eigenvalue weighted by molar-refractivity contribution is 5.94. The number of esters is 1. The summed E-state index contributed by atoms with van der Waals surface area (Å²) in [5.74, 6) is -0.206. The number of rotatable bonds is 4. The molecule has 0 unspecified atom stereocenters. The van der Waals surface area contributed by atoms with Gasteiger partial charge in [0.2, 0.25) is 0 Å². The first kappa shape index (κ1) is 17.2. The second-order valence-corrected chi connectivity index (χ2v) is 6.28. The van der Waals surface area contributed by atoms with E-state index in [2.05, 4.69) is 0 Å². The number of amides is 1. The second-order valence-electron chi connectivity index (χ2n) is 6.28. The van der Waals surface area contributed by atoms with Gasteiger partial charge in [-0.25, -0.2) is 4.79 Å². The maximum Gasteiger partial charge on any atom is 0.337 e. The molecule has 1 N–H and O–H groups in total. The van der Waals surface area contributed by atoms with E-state index in [9.17, 15) is 9.59 Å². The van der Waals surface area contributed by atoms with Crippen molar-refractivity contribution in [2.45, 2.75) is 6.54 Å². The van der Waals surface area contributed by atoms with Crippen LogP contribution in [0.15, 0.2) is 54.6 Å². The van der Waals surface area contributed by atoms with E-state index in [0.29, 0.717) is 5.56 Å². The standard InChI is InChI=1S/C20H22N2O3/c1-25-20(24)18-9-5-6-16(14-18)15-21-10-12-22(13-11-21)19(23)17-7-3-2-4-8-17/h2-9,14H,10-13,15H2,1H3/p+1. The molecule has 0 aliphatic carbocycles. The van der Waals surface area contributed by atoms with Crippen LogP contribution in [0.2, 0.25) is 0 Å². The summed E-state index contributed by atoms with van der Waals surface area (Å²) in [6.45, 7) is 4.15. The minimum absolute atomic E-state index is 0.104. The number of benzene rings is 2. The third-order valence-corrected chi connectivity index (χ3v) is 4.58. The lowest BCUT2D eigenvalue weighted by atomic mass is 10.1. The Kier molecular flexibility index (Phi) is 5.46. The fourth-order valence-electron chi connectivity index (χ4n) is 3.18. The fourth-order valence-corrected chi connectivity index (χ4v) is 3.18. The Morgan fingerprint density at radius 3 is 2.36 bits per heavy atom. The van der Waals surface area contributed by atoms with Gasteiger partial charge in [0.15, 0.2) is 0 Å². The molecule has 1 aliphatic heterocycles. The molecular weight excluding hydrogens is 316 g/mol. The molecule has 1 aliphatic rings. The van der Waals surface area contributed by atoms with Crippen molar-refractivity contribution in [2.75, 3.05) is 33.3 Å². The van der Waals surface area contributed by atoms with Crippen LogP contribution in [0.25, 0.3) is 0 Å². The van der Waals surface area contributed by atoms with Crippen LogP contribution in [-0.4, -0.2) is 50.1 Å². The van der Waals surface area contributed by atoms with E-state index in [-0.39, 0.29) is 11.9 Å². The molecule has 5 heteroatoms. The molecule has 2 aromatic rings. The van der Waals surface area contributed by atoms with Gasteiger partial charge in [-0.2, -0.15) is 0 Å². The van der Waals surface area contributed by atoms with Crippen LogP contribution in [0, 0.1) is 0 Å². The summed E-state index contributed by atoms with van der Waals surface area (Å²) in [5.41, 5.74) is 2.44. The molecule has 3 rings (SSSR count). The van der Waals surface area contributed by atoms with E-state index in [0.717, 1.165) is 43.9 Å². The number of nitrogens with zero attached hydrogens (tertiary/aromatic N) is 1. The fraction of sp³-hybridized carbons (Fsp3) is 0.300. The summed E-state index contributed by atoms with van der Waals surface area (Å²) in [7, 11) is 1.39. The van der Waals surface area contributed by atoms with Crippen molar-refractivity contribution >= 4 is 11.9 Å². The van der Waals surface area contributed by atoms with Crippen molar-refractivity contribution in [1.82, 2.24) is 4.90 Å². The van der Waals surface area contributed by atoms with E-state index in [1.807, 2.05) is 53.4 Å². The molecule has 1 heterocycles. The Bertz CT molecular complexity index is 738. The van der Waals surface area contributed by atoms with Crippen LogP contribution >= 0.6 is 0 Å². The third-order valence-electron chi connectivity index (χ3n) is 4.58. The van der Waals surface area contributed by atoms with Gasteiger partial charge < -0.3 is 14.5 Å². The summed E-state index contributed by atoms with van der Waals surface area (Å²) in [6.07, 6.45) is 0. The van der Waals surface area contributed by atoms with Crippen molar-refractivity contribution < 1.29 is 19.2 Å². The summed E-state index contributed by atoms with van der Waals surface area (Å²) in [5, 5.41) is 0. The molecule has 1 fully saturated rings. The number of hydrogen-bond acceptors (Lipinski definition) is 3. The highest BCUT2D eigenvalue weighted by atomic mass is 16.5. The Morgan fingerprint density at radius 2 is 1.68 bits per heavy atom. The van der Waals surface area contributed by atoms with Gasteiger partial charge in [-0.1, -0.05) is 30.3 Å². The van der Waals surface area contributed by atoms with Crippen LogP contribution in [0.5, 0.6) is 0 Å². The van der Waals surface area contributed by atoms with Crippen LogP contribution in [0.1, 0.15) is 26.3 Å². The van der Waals surface area contributed by atoms with Crippen LogP contribution in [0.3, 0.4) is 0 Å². The predicted octanol–water partition coefficient (Wildman–Crippen LogP) is 1.01. The van der Waals surface area contributed by atoms with E-state index < -0.39 is 0 Å². The first-order valence-electron chi connectivity index (χ1n) is 8.52. The number of carbonyl (C=O) groups excluding carboxylic acids is 2. The Labute approximate surface area is 147 Å². The molecule has 0 radical (unpaired) electrons. The summed E-state index contributed by atoms with van der Waals surface area (Å²) in [6, 6.07) is 17.0. The minimum atomic E-state index is -0.310. The Balaban J connectivity index is 1.56. The van der Waals surface area contributed by atoms with Gasteiger partial charge in [-0.05, 0) is 24.3 Å². The largest absolute Gasteiger partial charge is 0.465 e. The zero-order valence-corrected chi connectivity index (χ0v) is 14.4. The molecule has 25 heavy (non-hydrogen) atoms. The average molecular weight is 339 g/mol. The monoisotopic (exact) mass is 339 g/mol. The second kappa shape index (κ2) is 7.94. The molecule has 0 bridgehead atoms. The molecular formula is C20H23N2O3+. The van der Waals surface area contributed by atoms with Gasteiger partial charge in [0.1, 0.15) is 6.54 Å². The van der Waals surface area contributed by atoms with Crippen molar-refractivity contribution in [3.05, 3.63) is 71.3 Å². The van der Waals surface area contributed by atoms with Crippen molar-refractivity contribution in [2.24, 2.45) is 0 Å². The minimum Gasteiger partial charge on any atom is -0.465 e. The first-order valence-corrected chi connectivity index (χ1v) is 8.52. The number of hydrogen-bond donors (Lipinski definition) is 1. The van der Waals surface area contributed by atoms with Gasteiger partial charge >= 0.3 is 5.97 Å². The number of methoxy groups -OCH3 is 1. The van der Waals surface area contributed by atoms with Crippen molar-refractivity contribution in [1.29, 1.82) is 0 Å². The van der Waals surface area contributed by atoms with E-state index in [4.69, 9.17) is 4.74 Å². The average Bonchev–Trinajstić information content (AvgIpc) is 2.68. The molecule has 1 saturated heterocycles. The van der Waals surface area contributed by atoms with Gasteiger partial charge in [0, 0.05) is 11.1 Å². The third kappa shape index (κ3) is 4.25. The number of ether oxygens (including phenoxy) is 1. The van der Waals surface area contributed by atoms with Gasteiger partial charge in [-0.15, -0.1) is 0 Å². The molecule has 0 saturated carbocycles. The Morgan fingerprint density at radius 1 is 1.00 bits per heavy atom. The lowest BCUT2D eigenvalue weighted by Crippen LogP contribution is -3.13. The number of carbonyl (C=O) groups is 2. The molecule has 1 amide bonds. The molecule has 0 atom stereocenters. The maximum atomic E-state index is 12.5. The zero-order valence-electron chi connectivity index (χ0n) is 14.4. The van der Waals surface area contributed by atoms with E-state index in [1.54, 1.807) is 6.07 Å². The predicted molar refractivity (Wildman–Crippen MR) is 94.5 cm³/mol. The van der Waals surface area contributed by atoms with Gasteiger partial charge in [0.05, 0.1) is 38.9 Å². The molecule has 5 nitrogen and oxygen atoms in total. The van der Waals surface area contributed by atoms with Crippen LogP contribution < -0.4 is 4.90 Å². The molecule has 130 valence electrons. The summed E-state index contributed by atoms with van der Waals surface area (Å²) in [4.78, 5) is 27.5. The number of nitrogens with one attached hydrogen (secondary N) is 1. The summed E-state index contributed by atoms with van der Waals surface area (Å²) < 4.78 is 4.77. The first-order chi connectivity index (χ1) is 12.2. The number of quaternary nitrogens is 1. The molecule has 0 spiro atoms. The van der Waals surface area contributed by atoms with Gasteiger partial charge in [0.25, 0.3) is 5.91 Å². The normalized spacial score (nSPS) is 15.0. The zero-order chi connectivity index (χ0) is 17.6. The highest BCUT2D eigenvalue weighted by Gasteiger charge is 2.24. The van der Waals surface area contributed by atoms with Gasteiger partial charge in [-0.3, -0.25) is 4.79 Å². The Hall–Kier alpha value is -2.66. The molecule has 2 aromatic carbocycles. The molecule has 0 aromatic heterocycles. The summed E-state index contributed by atoms with van der Waals surface area (Å²) >= 11 is 0. The maximum absolute atomic E-state index is 12.5.